The summed E-state index contributed by atoms with van der Waals surface area (Å²) in [7, 11) is -4.87. The van der Waals surface area contributed by atoms with Gasteiger partial charge in [0.1, 0.15) is 0 Å². The van der Waals surface area contributed by atoms with E-state index < -0.39 is 22.2 Å². The summed E-state index contributed by atoms with van der Waals surface area (Å²) in [5, 5.41) is 0. The third kappa shape index (κ3) is 29.2. The Labute approximate surface area is 275 Å². The smallest absolute Gasteiger partial charge is 0.263 e. The van der Waals surface area contributed by atoms with Crippen molar-refractivity contribution in [3.63, 3.8) is 0 Å². The predicted molar refractivity (Wildman–Crippen MR) is 189 cm³/mol. The summed E-state index contributed by atoms with van der Waals surface area (Å²) in [6.07, 6.45) is 36.9. The fourth-order valence-electron chi connectivity index (χ4n) is 6.67. The van der Waals surface area contributed by atoms with E-state index in [1.54, 1.807) is 0 Å². The van der Waals surface area contributed by atoms with Crippen LogP contribution < -0.4 is 0 Å². The average molecular weight is 649 g/mol. The molecule has 0 heterocycles. The lowest BCUT2D eigenvalue weighted by atomic mass is 9.85. The molecule has 0 saturated carbocycles. The molecule has 4 nitrogen and oxygen atoms in total. The van der Waals surface area contributed by atoms with Crippen LogP contribution in [0.25, 0.3) is 0 Å². The second kappa shape index (κ2) is 31.4. The summed E-state index contributed by atoms with van der Waals surface area (Å²) in [6.45, 7) is 6.72. The van der Waals surface area contributed by atoms with Gasteiger partial charge in [0.2, 0.25) is 5.85 Å². The molecule has 0 amide bonds. The van der Waals surface area contributed by atoms with Crippen LogP contribution in [0.1, 0.15) is 233 Å². The molecule has 2 unspecified atom stereocenters. The van der Waals surface area contributed by atoms with Crippen molar-refractivity contribution in [2.75, 3.05) is 0 Å². The number of halogens is 1. The minimum Gasteiger partial charge on any atom is -0.263 e. The van der Waals surface area contributed by atoms with E-state index in [0.29, 0.717) is 19.3 Å². The van der Waals surface area contributed by atoms with Crippen molar-refractivity contribution >= 4 is 10.4 Å². The van der Waals surface area contributed by atoms with Crippen LogP contribution >= 0.6 is 0 Å². The highest BCUT2D eigenvalue weighted by molar-refractivity contribution is 7.80. The van der Waals surface area contributed by atoms with Crippen molar-refractivity contribution in [1.29, 1.82) is 0 Å². The zero-order chi connectivity index (χ0) is 32.6. The second-order valence-corrected chi connectivity index (χ2v) is 14.9. The molecule has 2 atom stereocenters. The Hall–Kier alpha value is -0.200. The van der Waals surface area contributed by atoms with Gasteiger partial charge in [0.25, 0.3) is 0 Å². The van der Waals surface area contributed by atoms with Gasteiger partial charge in [-0.15, -0.1) is 0 Å². The maximum absolute atomic E-state index is 16.5. The Morgan fingerprint density at radius 1 is 0.477 bits per heavy atom. The van der Waals surface area contributed by atoms with E-state index in [2.05, 4.69) is 20.8 Å². The van der Waals surface area contributed by atoms with E-state index >= 15 is 4.39 Å². The molecule has 0 spiro atoms. The van der Waals surface area contributed by atoms with Crippen molar-refractivity contribution in [2.45, 2.75) is 239 Å². The van der Waals surface area contributed by atoms with E-state index in [1.165, 1.54) is 128 Å². The fourth-order valence-corrected chi connectivity index (χ4v) is 7.24. The Bertz CT molecular complexity index is 686. The molecule has 6 heteroatoms. The summed E-state index contributed by atoms with van der Waals surface area (Å²) >= 11 is 0. The van der Waals surface area contributed by atoms with Crippen LogP contribution in [0.4, 0.5) is 4.39 Å². The maximum atomic E-state index is 16.5. The molecule has 0 aliphatic heterocycles. The van der Waals surface area contributed by atoms with Crippen molar-refractivity contribution in [2.24, 2.45) is 5.92 Å². The topological polar surface area (TPSA) is 63.6 Å². The van der Waals surface area contributed by atoms with Gasteiger partial charge in [0, 0.05) is 12.3 Å². The van der Waals surface area contributed by atoms with Crippen molar-refractivity contribution < 1.29 is 21.5 Å². The van der Waals surface area contributed by atoms with Gasteiger partial charge in [-0.2, -0.15) is 8.42 Å². The highest BCUT2D eigenvalue weighted by Crippen LogP contribution is 2.38. The third-order valence-corrected chi connectivity index (χ3v) is 10.0. The molecule has 1 N–H and O–H groups in total. The first-order valence-corrected chi connectivity index (χ1v) is 21.0. The lowest BCUT2D eigenvalue weighted by molar-refractivity contribution is -0.125. The van der Waals surface area contributed by atoms with Crippen LogP contribution in [0.3, 0.4) is 0 Å². The maximum Gasteiger partial charge on any atom is 0.400 e. The minimum absolute atomic E-state index is 0.0452. The molecule has 266 valence electrons. The second-order valence-electron chi connectivity index (χ2n) is 13.9. The van der Waals surface area contributed by atoms with E-state index in [4.69, 9.17) is 4.18 Å². The van der Waals surface area contributed by atoms with Crippen molar-refractivity contribution in [3.05, 3.63) is 0 Å². The molecule has 0 radical (unpaired) electrons. The highest BCUT2D eigenvalue weighted by atomic mass is 32.3. The fraction of sp³-hybridized carbons (Fsp3) is 1.00. The van der Waals surface area contributed by atoms with Crippen LogP contribution in [0.15, 0.2) is 0 Å². The van der Waals surface area contributed by atoms with Crippen LogP contribution in [0.5, 0.6) is 0 Å². The van der Waals surface area contributed by atoms with Gasteiger partial charge in [-0.1, -0.05) is 207 Å². The molecule has 0 bridgehead atoms. The molecular weight excluding hydrogens is 571 g/mol. The first-order chi connectivity index (χ1) is 21.3. The molecule has 0 fully saturated rings. The van der Waals surface area contributed by atoms with E-state index in [9.17, 15) is 13.0 Å². The lowest BCUT2D eigenvalue weighted by Gasteiger charge is -2.32. The number of hydrogen-bond acceptors (Lipinski definition) is 3. The SMILES string of the molecule is CCCCCCCCCCCCCC(CCCCCCCCCC)C(F)(CCCCCCCCCCCCC)OS(=O)(=O)O. The summed E-state index contributed by atoms with van der Waals surface area (Å²) in [5.74, 6) is -2.81. The third-order valence-electron chi connectivity index (χ3n) is 9.54. The summed E-state index contributed by atoms with van der Waals surface area (Å²) in [4.78, 5) is 0. The van der Waals surface area contributed by atoms with Gasteiger partial charge in [0.15, 0.2) is 0 Å². The Kier molecular flexibility index (Phi) is 31.3. The molecule has 0 saturated heterocycles. The molecular formula is C38H77FO4S. The molecule has 0 aromatic rings. The number of unbranched alkanes of at least 4 members (excludes halogenated alkanes) is 27. The summed E-state index contributed by atoms with van der Waals surface area (Å²) < 4.78 is 54.6. The van der Waals surface area contributed by atoms with Gasteiger partial charge in [-0.3, -0.25) is 4.55 Å². The number of rotatable bonds is 36. The summed E-state index contributed by atoms with van der Waals surface area (Å²) in [5.41, 5.74) is 0. The van der Waals surface area contributed by atoms with Crippen LogP contribution in [-0.4, -0.2) is 18.8 Å². The quantitative estimate of drug-likeness (QED) is 0.0542. The van der Waals surface area contributed by atoms with Crippen molar-refractivity contribution in [3.8, 4) is 0 Å². The molecule has 0 aliphatic rings. The Balaban J connectivity index is 4.77. The molecule has 44 heavy (non-hydrogen) atoms. The highest BCUT2D eigenvalue weighted by Gasteiger charge is 2.43. The van der Waals surface area contributed by atoms with E-state index in [0.717, 1.165) is 57.8 Å². The summed E-state index contributed by atoms with van der Waals surface area (Å²) in [6, 6.07) is 0. The van der Waals surface area contributed by atoms with Crippen molar-refractivity contribution in [1.82, 2.24) is 0 Å². The molecule has 0 aromatic carbocycles. The lowest BCUT2D eigenvalue weighted by Crippen LogP contribution is -2.38. The standard InChI is InChI=1S/C38H77FO4S/c1-4-7-10-13-16-19-21-23-26-29-32-35-37(34-31-28-25-18-15-12-9-6-3)38(39,43-44(40,41)42)36-33-30-27-24-22-20-17-14-11-8-5-2/h37H,4-36H2,1-3H3,(H,40,41,42). The monoisotopic (exact) mass is 649 g/mol. The zero-order valence-corrected chi connectivity index (χ0v) is 30.7. The Morgan fingerprint density at radius 3 is 1.00 bits per heavy atom. The van der Waals surface area contributed by atoms with Gasteiger partial charge in [0.05, 0.1) is 0 Å². The average Bonchev–Trinajstić information content (AvgIpc) is 2.98. The Morgan fingerprint density at radius 2 is 0.727 bits per heavy atom. The molecule has 0 aromatic heterocycles. The van der Waals surface area contributed by atoms with E-state index in [-0.39, 0.29) is 6.42 Å². The normalized spacial score (nSPS) is 14.2. The van der Waals surface area contributed by atoms with Crippen LogP contribution in [0.2, 0.25) is 0 Å². The van der Waals surface area contributed by atoms with Gasteiger partial charge in [-0.05, 0) is 19.3 Å². The van der Waals surface area contributed by atoms with Crippen LogP contribution in [0, 0.1) is 5.92 Å². The first kappa shape index (κ1) is 43.8. The predicted octanol–water partition coefficient (Wildman–Crippen LogP) is 14.0. The molecule has 0 aliphatic carbocycles. The minimum atomic E-state index is -4.87. The largest absolute Gasteiger partial charge is 0.400 e. The van der Waals surface area contributed by atoms with Gasteiger partial charge in [-0.25, -0.2) is 8.57 Å². The number of alkyl halides is 1. The van der Waals surface area contributed by atoms with Crippen LogP contribution in [-0.2, 0) is 14.6 Å². The molecule has 0 rings (SSSR count). The van der Waals surface area contributed by atoms with Gasteiger partial charge < -0.3 is 0 Å². The number of hydrogen-bond donors (Lipinski definition) is 1. The van der Waals surface area contributed by atoms with Gasteiger partial charge >= 0.3 is 10.4 Å². The van der Waals surface area contributed by atoms with E-state index in [1.807, 2.05) is 0 Å². The zero-order valence-electron chi connectivity index (χ0n) is 29.9. The first-order valence-electron chi connectivity index (χ1n) is 19.7.